The Bertz CT molecular complexity index is 924. The molecule has 3 aromatic rings. The van der Waals surface area contributed by atoms with E-state index in [0.717, 1.165) is 31.3 Å². The van der Waals surface area contributed by atoms with Crippen molar-refractivity contribution in [2.24, 2.45) is 0 Å². The summed E-state index contributed by atoms with van der Waals surface area (Å²) >= 11 is 0. The van der Waals surface area contributed by atoms with Crippen molar-refractivity contribution in [3.63, 3.8) is 0 Å². The van der Waals surface area contributed by atoms with Crippen LogP contribution in [0, 0.1) is 0 Å². The van der Waals surface area contributed by atoms with Gasteiger partial charge in [-0.2, -0.15) is 0 Å². The molecule has 1 fully saturated rings. The summed E-state index contributed by atoms with van der Waals surface area (Å²) in [6, 6.07) is 15.0. The summed E-state index contributed by atoms with van der Waals surface area (Å²) in [6.45, 7) is 0.745. The topological polar surface area (TPSA) is 73.3 Å². The number of carbonyl (C=O) groups excluding carboxylic acids is 1. The van der Waals surface area contributed by atoms with Crippen LogP contribution in [0.25, 0.3) is 10.9 Å². The maximum absolute atomic E-state index is 12.3. The van der Waals surface area contributed by atoms with Crippen LogP contribution in [0.1, 0.15) is 25.7 Å². The van der Waals surface area contributed by atoms with Gasteiger partial charge in [0.1, 0.15) is 12.1 Å². The molecule has 1 saturated heterocycles. The van der Waals surface area contributed by atoms with Gasteiger partial charge in [-0.1, -0.05) is 18.2 Å². The van der Waals surface area contributed by atoms with Crippen molar-refractivity contribution in [2.75, 3.05) is 11.9 Å². The van der Waals surface area contributed by atoms with E-state index in [4.69, 9.17) is 9.47 Å². The van der Waals surface area contributed by atoms with Crippen molar-refractivity contribution in [3.05, 3.63) is 54.9 Å². The molecule has 0 bridgehead atoms. The first kappa shape index (κ1) is 17.4. The molecule has 1 aliphatic heterocycles. The summed E-state index contributed by atoms with van der Waals surface area (Å²) in [5, 5.41) is 3.72. The molecule has 0 radical (unpaired) electrons. The molecule has 1 aliphatic rings. The third kappa shape index (κ3) is 4.41. The van der Waals surface area contributed by atoms with E-state index in [1.807, 2.05) is 48.5 Å². The van der Waals surface area contributed by atoms with E-state index in [9.17, 15) is 4.79 Å². The zero-order valence-electron chi connectivity index (χ0n) is 14.9. The average Bonchev–Trinajstić information content (AvgIpc) is 2.69. The Hall–Kier alpha value is -2.99. The minimum atomic E-state index is -0.0453. The molecule has 0 saturated carbocycles. The van der Waals surface area contributed by atoms with Gasteiger partial charge in [-0.25, -0.2) is 9.97 Å². The number of benzene rings is 2. The number of hydrogen-bond donors (Lipinski definition) is 1. The van der Waals surface area contributed by atoms with Crippen LogP contribution in [0.15, 0.2) is 54.9 Å². The van der Waals surface area contributed by atoms with E-state index < -0.39 is 0 Å². The lowest BCUT2D eigenvalue weighted by Crippen LogP contribution is -2.25. The Balaban J connectivity index is 1.48. The molecule has 2 heterocycles. The van der Waals surface area contributed by atoms with Gasteiger partial charge < -0.3 is 14.8 Å². The minimum Gasteiger partial charge on any atom is -0.438 e. The second-order valence-electron chi connectivity index (χ2n) is 6.57. The summed E-state index contributed by atoms with van der Waals surface area (Å²) in [4.78, 5) is 20.8. The summed E-state index contributed by atoms with van der Waals surface area (Å²) in [5.74, 6) is 1.15. The zero-order valence-corrected chi connectivity index (χ0v) is 14.9. The highest BCUT2D eigenvalue weighted by Crippen LogP contribution is 2.28. The molecule has 4 rings (SSSR count). The Kier molecular flexibility index (Phi) is 5.25. The Morgan fingerprint density at radius 3 is 2.85 bits per heavy atom. The fraction of sp³-hybridized carbons (Fsp3) is 0.286. The van der Waals surface area contributed by atoms with Gasteiger partial charge in [0.25, 0.3) is 0 Å². The molecule has 2 aromatic carbocycles. The minimum absolute atomic E-state index is 0.0207. The highest BCUT2D eigenvalue weighted by atomic mass is 16.5. The predicted octanol–water partition coefficient (Wildman–Crippen LogP) is 4.32. The molecule has 6 nitrogen and oxygen atoms in total. The standard InChI is InChI=1S/C21H21N3O3/c25-20(13-17-8-4-5-11-26-17)24-15-9-10-18-19(12-15)22-14-23-21(18)27-16-6-2-1-3-7-16/h1-3,6-7,9-10,12,14,17H,4-5,8,11,13H2,(H,24,25). The van der Waals surface area contributed by atoms with Gasteiger partial charge in [-0.3, -0.25) is 4.79 Å². The van der Waals surface area contributed by atoms with Crippen molar-refractivity contribution in [1.82, 2.24) is 9.97 Å². The van der Waals surface area contributed by atoms with Crippen molar-refractivity contribution < 1.29 is 14.3 Å². The van der Waals surface area contributed by atoms with Crippen LogP contribution in [0.2, 0.25) is 0 Å². The number of amides is 1. The van der Waals surface area contributed by atoms with Crippen LogP contribution in [0.5, 0.6) is 11.6 Å². The third-order valence-corrected chi connectivity index (χ3v) is 4.53. The smallest absolute Gasteiger partial charge is 0.230 e. The highest BCUT2D eigenvalue weighted by Gasteiger charge is 2.18. The molecule has 1 unspecified atom stereocenters. The summed E-state index contributed by atoms with van der Waals surface area (Å²) in [7, 11) is 0. The number of nitrogens with one attached hydrogen (secondary N) is 1. The number of anilines is 1. The van der Waals surface area contributed by atoms with Crippen LogP contribution in [0.4, 0.5) is 5.69 Å². The Morgan fingerprint density at radius 1 is 1.15 bits per heavy atom. The number of aromatic nitrogens is 2. The van der Waals surface area contributed by atoms with Crippen molar-refractivity contribution in [3.8, 4) is 11.6 Å². The summed E-state index contributed by atoms with van der Waals surface area (Å²) in [6.07, 6.45) is 5.00. The van der Waals surface area contributed by atoms with E-state index in [1.54, 1.807) is 0 Å². The van der Waals surface area contributed by atoms with Gasteiger partial charge in [0.05, 0.1) is 23.4 Å². The molecular weight excluding hydrogens is 342 g/mol. The monoisotopic (exact) mass is 363 g/mol. The summed E-state index contributed by atoms with van der Waals surface area (Å²) < 4.78 is 11.5. The third-order valence-electron chi connectivity index (χ3n) is 4.53. The van der Waals surface area contributed by atoms with Gasteiger partial charge in [-0.15, -0.1) is 0 Å². The van der Waals surface area contributed by atoms with Crippen LogP contribution < -0.4 is 10.1 Å². The Morgan fingerprint density at radius 2 is 2.04 bits per heavy atom. The van der Waals surface area contributed by atoms with E-state index in [2.05, 4.69) is 15.3 Å². The first-order valence-corrected chi connectivity index (χ1v) is 9.17. The van der Waals surface area contributed by atoms with E-state index in [0.29, 0.717) is 29.3 Å². The second kappa shape index (κ2) is 8.14. The molecule has 1 aromatic heterocycles. The van der Waals surface area contributed by atoms with Gasteiger partial charge in [0.15, 0.2) is 0 Å². The highest BCUT2D eigenvalue weighted by molar-refractivity contribution is 5.94. The maximum Gasteiger partial charge on any atom is 0.230 e. The fourth-order valence-electron chi connectivity index (χ4n) is 3.18. The molecule has 6 heteroatoms. The maximum atomic E-state index is 12.3. The van der Waals surface area contributed by atoms with E-state index >= 15 is 0 Å². The van der Waals surface area contributed by atoms with E-state index in [-0.39, 0.29) is 12.0 Å². The molecule has 27 heavy (non-hydrogen) atoms. The van der Waals surface area contributed by atoms with Crippen LogP contribution in [-0.4, -0.2) is 28.6 Å². The van der Waals surface area contributed by atoms with E-state index in [1.165, 1.54) is 6.33 Å². The predicted molar refractivity (Wildman–Crippen MR) is 103 cm³/mol. The molecule has 1 amide bonds. The fourth-order valence-corrected chi connectivity index (χ4v) is 3.18. The van der Waals surface area contributed by atoms with Gasteiger partial charge in [0.2, 0.25) is 11.8 Å². The first-order chi connectivity index (χ1) is 13.3. The lowest BCUT2D eigenvalue weighted by molar-refractivity contribution is -0.119. The largest absolute Gasteiger partial charge is 0.438 e. The molecule has 0 aliphatic carbocycles. The normalized spacial score (nSPS) is 16.8. The van der Waals surface area contributed by atoms with Crippen molar-refractivity contribution in [1.29, 1.82) is 0 Å². The summed E-state index contributed by atoms with van der Waals surface area (Å²) in [5.41, 5.74) is 1.41. The van der Waals surface area contributed by atoms with Gasteiger partial charge in [-0.05, 0) is 49.6 Å². The molecule has 1 atom stereocenters. The lowest BCUT2D eigenvalue weighted by Gasteiger charge is -2.21. The average molecular weight is 363 g/mol. The molecule has 138 valence electrons. The zero-order chi connectivity index (χ0) is 18.5. The van der Waals surface area contributed by atoms with Crippen molar-refractivity contribution >= 4 is 22.5 Å². The number of ether oxygens (including phenoxy) is 2. The van der Waals surface area contributed by atoms with Crippen molar-refractivity contribution in [2.45, 2.75) is 31.8 Å². The number of nitrogens with zero attached hydrogens (tertiary/aromatic N) is 2. The van der Waals surface area contributed by atoms with Crippen LogP contribution >= 0.6 is 0 Å². The Labute approximate surface area is 157 Å². The molecule has 1 N–H and O–H groups in total. The van der Waals surface area contributed by atoms with Crippen LogP contribution in [0.3, 0.4) is 0 Å². The lowest BCUT2D eigenvalue weighted by atomic mass is 10.1. The van der Waals surface area contributed by atoms with Gasteiger partial charge >= 0.3 is 0 Å². The second-order valence-corrected chi connectivity index (χ2v) is 6.57. The molecular formula is C21H21N3O3. The number of fused-ring (bicyclic) bond motifs is 1. The first-order valence-electron chi connectivity index (χ1n) is 9.17. The number of carbonyl (C=O) groups is 1. The van der Waals surface area contributed by atoms with Crippen LogP contribution in [-0.2, 0) is 9.53 Å². The number of rotatable bonds is 5. The molecule has 0 spiro atoms. The van der Waals surface area contributed by atoms with Gasteiger partial charge in [0, 0.05) is 12.3 Å². The quantitative estimate of drug-likeness (QED) is 0.731. The number of hydrogen-bond acceptors (Lipinski definition) is 5. The SMILES string of the molecule is O=C(CC1CCCCO1)Nc1ccc2c(Oc3ccccc3)ncnc2c1. The number of para-hydroxylation sites is 1.